The molecule has 0 unspecified atom stereocenters. The van der Waals surface area contributed by atoms with E-state index >= 15 is 0 Å². The van der Waals surface area contributed by atoms with E-state index in [1.807, 2.05) is 41.3 Å². The number of carbonyl (C=O) groups is 1. The zero-order valence-corrected chi connectivity index (χ0v) is 15.1. The van der Waals surface area contributed by atoms with E-state index < -0.39 is 0 Å². The van der Waals surface area contributed by atoms with Gasteiger partial charge in [0.05, 0.1) is 13.1 Å². The number of halogens is 2. The molecule has 1 aromatic heterocycles. The van der Waals surface area contributed by atoms with Crippen LogP contribution in [-0.4, -0.2) is 12.5 Å². The van der Waals surface area contributed by atoms with Gasteiger partial charge in [0.15, 0.2) is 0 Å². The minimum absolute atomic E-state index is 0.0403. The van der Waals surface area contributed by atoms with Crippen molar-refractivity contribution in [2.24, 2.45) is 0 Å². The van der Waals surface area contributed by atoms with Crippen LogP contribution in [0.1, 0.15) is 30.1 Å². The van der Waals surface area contributed by atoms with Gasteiger partial charge in [0, 0.05) is 12.2 Å². The number of anilines is 1. The van der Waals surface area contributed by atoms with Crippen molar-refractivity contribution >= 4 is 54.8 Å². The van der Waals surface area contributed by atoms with Gasteiger partial charge in [-0.3, -0.25) is 4.79 Å². The molecule has 1 heterocycles. The summed E-state index contributed by atoms with van der Waals surface area (Å²) in [5.74, 6) is 0.0403. The fourth-order valence-electron chi connectivity index (χ4n) is 1.90. The third-order valence-electron chi connectivity index (χ3n) is 2.94. The molecule has 0 spiro atoms. The zero-order chi connectivity index (χ0) is 14.5. The molecule has 0 N–H and O–H groups in total. The van der Waals surface area contributed by atoms with Crippen molar-refractivity contribution in [2.45, 2.75) is 19.8 Å². The van der Waals surface area contributed by atoms with Gasteiger partial charge >= 0.3 is 0 Å². The van der Waals surface area contributed by atoms with E-state index in [0.717, 1.165) is 32.6 Å². The van der Waals surface area contributed by atoms with Crippen molar-refractivity contribution in [1.29, 1.82) is 0 Å². The first-order chi connectivity index (χ1) is 9.63. The first kappa shape index (κ1) is 15.7. The van der Waals surface area contributed by atoms with Gasteiger partial charge in [0.2, 0.25) is 0 Å². The Kier molecular flexibility index (Phi) is 5.81. The summed E-state index contributed by atoms with van der Waals surface area (Å²) >= 11 is 8.41. The van der Waals surface area contributed by atoms with Crippen LogP contribution in [-0.2, 0) is 0 Å². The minimum atomic E-state index is 0.0403. The van der Waals surface area contributed by atoms with E-state index in [0.29, 0.717) is 5.56 Å². The Balaban J connectivity index is 2.31. The average molecular weight is 417 g/mol. The molecule has 0 fully saturated rings. The van der Waals surface area contributed by atoms with Crippen molar-refractivity contribution in [3.63, 3.8) is 0 Å². The maximum atomic E-state index is 12.8. The number of para-hydroxylation sites is 1. The van der Waals surface area contributed by atoms with E-state index in [4.69, 9.17) is 0 Å². The van der Waals surface area contributed by atoms with Crippen LogP contribution < -0.4 is 4.90 Å². The predicted molar refractivity (Wildman–Crippen MR) is 92.7 cm³/mol. The SMILES string of the molecule is CCCCN(C(=O)c1cc(Br)sc1Br)c1ccccc1. The fourth-order valence-corrected chi connectivity index (χ4v) is 4.68. The monoisotopic (exact) mass is 415 g/mol. The molecule has 0 bridgehead atoms. The minimum Gasteiger partial charge on any atom is -0.308 e. The second-order valence-electron chi connectivity index (χ2n) is 4.38. The summed E-state index contributed by atoms with van der Waals surface area (Å²) < 4.78 is 1.82. The molecule has 5 heteroatoms. The summed E-state index contributed by atoms with van der Waals surface area (Å²) in [7, 11) is 0. The Labute approximate surface area is 140 Å². The molecule has 2 nitrogen and oxygen atoms in total. The van der Waals surface area contributed by atoms with Gasteiger partial charge in [0.25, 0.3) is 5.91 Å². The number of amides is 1. The number of hydrogen-bond acceptors (Lipinski definition) is 2. The van der Waals surface area contributed by atoms with Gasteiger partial charge in [-0.05, 0) is 56.5 Å². The van der Waals surface area contributed by atoms with Crippen LogP contribution in [0.15, 0.2) is 44.0 Å². The standard InChI is InChI=1S/C15H15Br2NOS/c1-2-3-9-18(11-7-5-4-6-8-11)15(19)12-10-13(16)20-14(12)17/h4-8,10H,2-3,9H2,1H3. The molecule has 20 heavy (non-hydrogen) atoms. The summed E-state index contributed by atoms with van der Waals surface area (Å²) in [5, 5.41) is 0. The van der Waals surface area contributed by atoms with Gasteiger partial charge < -0.3 is 4.90 Å². The largest absolute Gasteiger partial charge is 0.308 e. The molecule has 0 saturated carbocycles. The highest BCUT2D eigenvalue weighted by atomic mass is 79.9. The normalized spacial score (nSPS) is 10.6. The molecule has 0 radical (unpaired) electrons. The second-order valence-corrected chi connectivity index (χ2v) is 8.13. The third kappa shape index (κ3) is 3.71. The third-order valence-corrected chi connectivity index (χ3v) is 5.27. The highest BCUT2D eigenvalue weighted by Gasteiger charge is 2.21. The Bertz CT molecular complexity index is 583. The van der Waals surface area contributed by atoms with E-state index in [2.05, 4.69) is 38.8 Å². The average Bonchev–Trinajstić information content (AvgIpc) is 2.79. The molecule has 0 atom stereocenters. The lowest BCUT2D eigenvalue weighted by Crippen LogP contribution is -2.31. The van der Waals surface area contributed by atoms with E-state index in [-0.39, 0.29) is 5.91 Å². The number of rotatable bonds is 5. The molecule has 1 amide bonds. The van der Waals surface area contributed by atoms with Crippen molar-refractivity contribution in [3.05, 3.63) is 49.5 Å². The van der Waals surface area contributed by atoms with Crippen LogP contribution in [0.4, 0.5) is 5.69 Å². The first-order valence-corrected chi connectivity index (χ1v) is 8.85. The number of carbonyl (C=O) groups excluding carboxylic acids is 1. The Hall–Kier alpha value is -0.650. The molecule has 1 aromatic carbocycles. The number of benzene rings is 1. The highest BCUT2D eigenvalue weighted by molar-refractivity contribution is 9.12. The summed E-state index contributed by atoms with van der Waals surface area (Å²) in [6, 6.07) is 11.7. The summed E-state index contributed by atoms with van der Waals surface area (Å²) in [5.41, 5.74) is 1.65. The van der Waals surface area contributed by atoms with E-state index in [9.17, 15) is 4.79 Å². The number of nitrogens with zero attached hydrogens (tertiary/aromatic N) is 1. The first-order valence-electron chi connectivity index (χ1n) is 6.45. The van der Waals surface area contributed by atoms with Crippen molar-refractivity contribution in [1.82, 2.24) is 0 Å². The van der Waals surface area contributed by atoms with Gasteiger partial charge in [0.1, 0.15) is 0 Å². The summed E-state index contributed by atoms with van der Waals surface area (Å²) in [4.78, 5) is 14.6. The molecule has 0 aliphatic rings. The summed E-state index contributed by atoms with van der Waals surface area (Å²) in [6.07, 6.45) is 2.05. The maximum Gasteiger partial charge on any atom is 0.260 e. The topological polar surface area (TPSA) is 20.3 Å². The Morgan fingerprint density at radius 1 is 1.25 bits per heavy atom. The number of unbranched alkanes of at least 4 members (excludes halogenated alkanes) is 1. The van der Waals surface area contributed by atoms with Crippen molar-refractivity contribution in [2.75, 3.05) is 11.4 Å². The highest BCUT2D eigenvalue weighted by Crippen LogP contribution is 2.33. The summed E-state index contributed by atoms with van der Waals surface area (Å²) in [6.45, 7) is 2.87. The lowest BCUT2D eigenvalue weighted by Gasteiger charge is -2.22. The molecular weight excluding hydrogens is 402 g/mol. The molecule has 2 rings (SSSR count). The van der Waals surface area contributed by atoms with Crippen molar-refractivity contribution in [3.8, 4) is 0 Å². The van der Waals surface area contributed by atoms with Gasteiger partial charge in [-0.2, -0.15) is 0 Å². The molecule has 0 aliphatic carbocycles. The molecular formula is C15H15Br2NOS. The lowest BCUT2D eigenvalue weighted by atomic mass is 10.2. The van der Waals surface area contributed by atoms with Gasteiger partial charge in [-0.1, -0.05) is 31.5 Å². The second kappa shape index (κ2) is 7.38. The van der Waals surface area contributed by atoms with Crippen molar-refractivity contribution < 1.29 is 4.79 Å². The number of thiophene rings is 1. The quantitative estimate of drug-likeness (QED) is 0.610. The van der Waals surface area contributed by atoms with E-state index in [1.165, 1.54) is 11.3 Å². The molecule has 2 aromatic rings. The smallest absolute Gasteiger partial charge is 0.260 e. The van der Waals surface area contributed by atoms with Crippen LogP contribution in [0.5, 0.6) is 0 Å². The lowest BCUT2D eigenvalue weighted by molar-refractivity contribution is 0.0986. The van der Waals surface area contributed by atoms with Crippen LogP contribution in [0.2, 0.25) is 0 Å². The maximum absolute atomic E-state index is 12.8. The van der Waals surface area contributed by atoms with Gasteiger partial charge in [-0.15, -0.1) is 11.3 Å². The van der Waals surface area contributed by atoms with E-state index in [1.54, 1.807) is 0 Å². The molecule has 106 valence electrons. The zero-order valence-electron chi connectivity index (χ0n) is 11.1. The fraction of sp³-hybridized carbons (Fsp3) is 0.267. The van der Waals surface area contributed by atoms with Crippen LogP contribution in [0.25, 0.3) is 0 Å². The predicted octanol–water partition coefficient (Wildman–Crippen LogP) is 5.72. The van der Waals surface area contributed by atoms with Crippen LogP contribution >= 0.6 is 43.2 Å². The number of hydrogen-bond donors (Lipinski definition) is 0. The van der Waals surface area contributed by atoms with Gasteiger partial charge in [-0.25, -0.2) is 0 Å². The van der Waals surface area contributed by atoms with Crippen LogP contribution in [0, 0.1) is 0 Å². The Morgan fingerprint density at radius 2 is 1.95 bits per heavy atom. The molecule has 0 aliphatic heterocycles. The van der Waals surface area contributed by atoms with Crippen LogP contribution in [0.3, 0.4) is 0 Å². The Morgan fingerprint density at radius 3 is 2.50 bits per heavy atom. The molecule has 0 saturated heterocycles.